The Kier molecular flexibility index (Phi) is 4.56. The lowest BCUT2D eigenvalue weighted by molar-refractivity contribution is -0.120. The first-order chi connectivity index (χ1) is 13.7. The van der Waals surface area contributed by atoms with Crippen molar-refractivity contribution in [2.24, 2.45) is 0 Å². The Labute approximate surface area is 161 Å². The molecule has 8 heteroatoms. The molecule has 0 unspecified atom stereocenters. The van der Waals surface area contributed by atoms with Gasteiger partial charge in [0.25, 0.3) is 5.91 Å². The normalized spacial score (nSPS) is 14.0. The maximum Gasteiger partial charge on any atom is 0.256 e. The lowest BCUT2D eigenvalue weighted by Crippen LogP contribution is -2.52. The molecule has 138 valence electrons. The molecule has 28 heavy (non-hydrogen) atoms. The summed E-state index contributed by atoms with van der Waals surface area (Å²) in [6, 6.07) is 16.1. The second-order valence-electron chi connectivity index (χ2n) is 6.29. The average Bonchev–Trinajstić information content (AvgIpc) is 3.28. The van der Waals surface area contributed by atoms with Crippen LogP contribution in [0.2, 0.25) is 0 Å². The van der Waals surface area contributed by atoms with E-state index in [2.05, 4.69) is 16.2 Å². The van der Waals surface area contributed by atoms with Crippen LogP contribution >= 0.6 is 0 Å². The number of carbonyl (C=O) groups excluding carboxylic acids is 2. The summed E-state index contributed by atoms with van der Waals surface area (Å²) in [5, 5.41) is 13.1. The number of hydrogen-bond donors (Lipinski definition) is 0. The van der Waals surface area contributed by atoms with Gasteiger partial charge in [0, 0.05) is 18.8 Å². The molecule has 0 saturated carbocycles. The molecule has 2 heterocycles. The van der Waals surface area contributed by atoms with Gasteiger partial charge in [-0.15, -0.1) is 0 Å². The van der Waals surface area contributed by atoms with Gasteiger partial charge in [0.15, 0.2) is 0 Å². The van der Waals surface area contributed by atoms with Gasteiger partial charge in [0.05, 0.1) is 22.9 Å². The lowest BCUT2D eigenvalue weighted by atomic mass is 10.1. The molecule has 0 N–H and O–H groups in total. The van der Waals surface area contributed by atoms with Crippen molar-refractivity contribution in [1.29, 1.82) is 5.26 Å². The lowest BCUT2D eigenvalue weighted by Gasteiger charge is -2.34. The Morgan fingerprint density at radius 3 is 2.71 bits per heavy atom. The van der Waals surface area contributed by atoms with Gasteiger partial charge in [-0.3, -0.25) is 9.59 Å². The van der Waals surface area contributed by atoms with Crippen LogP contribution in [-0.2, 0) is 4.79 Å². The van der Waals surface area contributed by atoms with E-state index in [9.17, 15) is 9.59 Å². The molecule has 0 bridgehead atoms. The van der Waals surface area contributed by atoms with Crippen LogP contribution in [0.5, 0.6) is 0 Å². The van der Waals surface area contributed by atoms with Crippen LogP contribution in [0.4, 0.5) is 5.69 Å². The highest BCUT2D eigenvalue weighted by molar-refractivity contribution is 6.03. The van der Waals surface area contributed by atoms with E-state index < -0.39 is 0 Å². The molecule has 0 aliphatic carbocycles. The summed E-state index contributed by atoms with van der Waals surface area (Å²) in [7, 11) is 0. The fourth-order valence-corrected chi connectivity index (χ4v) is 3.22. The van der Waals surface area contributed by atoms with Gasteiger partial charge in [-0.2, -0.15) is 10.4 Å². The SMILES string of the molecule is N#Cc1cccc(N2CCN(C(=O)c3ccccc3-n3cncn3)CC2=O)c1. The van der Waals surface area contributed by atoms with E-state index >= 15 is 0 Å². The second-order valence-corrected chi connectivity index (χ2v) is 6.29. The third-order valence-electron chi connectivity index (χ3n) is 4.59. The number of rotatable bonds is 3. The van der Waals surface area contributed by atoms with Crippen LogP contribution in [0.25, 0.3) is 5.69 Å². The zero-order valence-electron chi connectivity index (χ0n) is 14.9. The Morgan fingerprint density at radius 2 is 1.96 bits per heavy atom. The quantitative estimate of drug-likeness (QED) is 0.696. The minimum absolute atomic E-state index is 0.0265. The summed E-state index contributed by atoms with van der Waals surface area (Å²) in [5.41, 5.74) is 2.23. The molecule has 2 aromatic carbocycles. The van der Waals surface area contributed by atoms with E-state index in [-0.39, 0.29) is 18.4 Å². The third-order valence-corrected chi connectivity index (χ3v) is 4.59. The van der Waals surface area contributed by atoms with Gasteiger partial charge in [0.2, 0.25) is 5.91 Å². The van der Waals surface area contributed by atoms with Gasteiger partial charge in [0.1, 0.15) is 19.2 Å². The molecule has 0 radical (unpaired) electrons. The van der Waals surface area contributed by atoms with Crippen molar-refractivity contribution in [3.05, 3.63) is 72.3 Å². The highest BCUT2D eigenvalue weighted by Crippen LogP contribution is 2.21. The topological polar surface area (TPSA) is 95.1 Å². The maximum absolute atomic E-state index is 13.1. The van der Waals surface area contributed by atoms with Gasteiger partial charge in [-0.25, -0.2) is 9.67 Å². The Balaban J connectivity index is 1.55. The van der Waals surface area contributed by atoms with Crippen molar-refractivity contribution in [2.45, 2.75) is 0 Å². The molecule has 1 aliphatic heterocycles. The molecular weight excluding hydrogens is 356 g/mol. The Bertz CT molecular complexity index is 1070. The molecule has 0 spiro atoms. The fourth-order valence-electron chi connectivity index (χ4n) is 3.22. The first-order valence-electron chi connectivity index (χ1n) is 8.71. The first kappa shape index (κ1) is 17.4. The standard InChI is InChI=1S/C20H16N6O2/c21-11-15-4-3-5-16(10-15)25-9-8-24(12-19(25)27)20(28)17-6-1-2-7-18(17)26-14-22-13-23-26/h1-7,10,13-14H,8-9,12H2. The molecule has 4 rings (SSSR count). The molecule has 0 atom stereocenters. The molecule has 3 aromatic rings. The number of aromatic nitrogens is 3. The maximum atomic E-state index is 13.1. The average molecular weight is 372 g/mol. The largest absolute Gasteiger partial charge is 0.327 e. The number of benzene rings is 2. The van der Waals surface area contributed by atoms with E-state index in [0.29, 0.717) is 35.6 Å². The summed E-state index contributed by atoms with van der Waals surface area (Å²) in [5.74, 6) is -0.419. The summed E-state index contributed by atoms with van der Waals surface area (Å²) in [4.78, 5) is 32.8. The van der Waals surface area contributed by atoms with E-state index in [4.69, 9.17) is 5.26 Å². The summed E-state index contributed by atoms with van der Waals surface area (Å²) >= 11 is 0. The van der Waals surface area contributed by atoms with E-state index in [1.807, 2.05) is 6.07 Å². The third kappa shape index (κ3) is 3.21. The minimum Gasteiger partial charge on any atom is -0.327 e. The van der Waals surface area contributed by atoms with Crippen molar-refractivity contribution in [2.75, 3.05) is 24.5 Å². The van der Waals surface area contributed by atoms with Gasteiger partial charge < -0.3 is 9.80 Å². The highest BCUT2D eigenvalue weighted by Gasteiger charge is 2.29. The smallest absolute Gasteiger partial charge is 0.256 e. The number of nitrogens with zero attached hydrogens (tertiary/aromatic N) is 6. The Hall–Kier alpha value is -3.99. The van der Waals surface area contributed by atoms with Crippen LogP contribution in [0.15, 0.2) is 61.2 Å². The van der Waals surface area contributed by atoms with Crippen LogP contribution in [-0.4, -0.2) is 51.1 Å². The summed E-state index contributed by atoms with van der Waals surface area (Å²) in [6.45, 7) is 0.735. The van der Waals surface area contributed by atoms with Gasteiger partial charge in [-0.05, 0) is 30.3 Å². The van der Waals surface area contributed by atoms with Crippen LogP contribution in [0.1, 0.15) is 15.9 Å². The van der Waals surface area contributed by atoms with E-state index in [0.717, 1.165) is 0 Å². The van der Waals surface area contributed by atoms with Crippen LogP contribution in [0, 0.1) is 11.3 Å². The first-order valence-corrected chi connectivity index (χ1v) is 8.71. The number of nitriles is 1. The van der Waals surface area contributed by atoms with E-state index in [1.54, 1.807) is 47.4 Å². The minimum atomic E-state index is -0.232. The molecule has 1 aliphatic rings. The Morgan fingerprint density at radius 1 is 1.11 bits per heavy atom. The summed E-state index contributed by atoms with van der Waals surface area (Å²) in [6.07, 6.45) is 2.93. The highest BCUT2D eigenvalue weighted by atomic mass is 16.2. The van der Waals surface area contributed by atoms with Crippen molar-refractivity contribution in [1.82, 2.24) is 19.7 Å². The molecule has 1 fully saturated rings. The predicted molar refractivity (Wildman–Crippen MR) is 101 cm³/mol. The zero-order valence-corrected chi connectivity index (χ0v) is 14.9. The molecule has 8 nitrogen and oxygen atoms in total. The van der Waals surface area contributed by atoms with Crippen molar-refractivity contribution in [3.8, 4) is 11.8 Å². The monoisotopic (exact) mass is 372 g/mol. The second kappa shape index (κ2) is 7.32. The van der Waals surface area contributed by atoms with Crippen molar-refractivity contribution < 1.29 is 9.59 Å². The van der Waals surface area contributed by atoms with Crippen LogP contribution < -0.4 is 4.90 Å². The predicted octanol–water partition coefficient (Wildman–Crippen LogP) is 1.63. The fraction of sp³-hybridized carbons (Fsp3) is 0.150. The van der Waals surface area contributed by atoms with Gasteiger partial charge >= 0.3 is 0 Å². The number of carbonyl (C=O) groups is 2. The number of anilines is 1. The van der Waals surface area contributed by atoms with E-state index in [1.165, 1.54) is 22.2 Å². The van der Waals surface area contributed by atoms with Crippen LogP contribution in [0.3, 0.4) is 0 Å². The summed E-state index contributed by atoms with van der Waals surface area (Å²) < 4.78 is 1.53. The number of amides is 2. The number of para-hydroxylation sites is 1. The van der Waals surface area contributed by atoms with Crippen molar-refractivity contribution >= 4 is 17.5 Å². The molecule has 1 aromatic heterocycles. The number of hydrogen-bond acceptors (Lipinski definition) is 5. The molecule has 1 saturated heterocycles. The number of piperazine rings is 1. The molecular formula is C20H16N6O2. The van der Waals surface area contributed by atoms with Crippen molar-refractivity contribution in [3.63, 3.8) is 0 Å². The molecule has 2 amide bonds. The zero-order chi connectivity index (χ0) is 19.5. The van der Waals surface area contributed by atoms with Gasteiger partial charge in [-0.1, -0.05) is 18.2 Å².